The van der Waals surface area contributed by atoms with Gasteiger partial charge in [0.2, 0.25) is 5.95 Å². The highest BCUT2D eigenvalue weighted by molar-refractivity contribution is 7.69. The minimum atomic E-state index is -2.45. The molecule has 2 aromatic heterocycles. The highest BCUT2D eigenvalue weighted by Crippen LogP contribution is 2.44. The molecule has 1 aromatic carbocycles. The maximum Gasteiger partial charge on any atom is 0.229 e. The van der Waals surface area contributed by atoms with Crippen LogP contribution in [0.3, 0.4) is 0 Å². The molecule has 0 saturated heterocycles. The van der Waals surface area contributed by atoms with Crippen molar-refractivity contribution in [3.05, 3.63) is 58.8 Å². The molecule has 8 heteroatoms. The zero-order valence-electron chi connectivity index (χ0n) is 20.7. The predicted octanol–water partition coefficient (Wildman–Crippen LogP) is 5.35. The van der Waals surface area contributed by atoms with Crippen molar-refractivity contribution in [3.63, 3.8) is 0 Å². The minimum Gasteiger partial charge on any atom is -0.325 e. The third kappa shape index (κ3) is 4.72. The van der Waals surface area contributed by atoms with Gasteiger partial charge in [0.25, 0.3) is 0 Å². The van der Waals surface area contributed by atoms with Crippen LogP contribution in [0.2, 0.25) is 0 Å². The Kier molecular flexibility index (Phi) is 5.65. The van der Waals surface area contributed by atoms with Crippen molar-refractivity contribution < 1.29 is 4.57 Å². The lowest BCUT2D eigenvalue weighted by molar-refractivity contribution is 0.266. The molecule has 2 N–H and O–H groups in total. The van der Waals surface area contributed by atoms with Gasteiger partial charge < -0.3 is 20.1 Å². The van der Waals surface area contributed by atoms with Crippen LogP contribution in [0.1, 0.15) is 59.8 Å². The van der Waals surface area contributed by atoms with E-state index in [1.165, 1.54) is 24.0 Å². The van der Waals surface area contributed by atoms with Crippen LogP contribution >= 0.6 is 7.14 Å². The molecule has 7 nitrogen and oxygen atoms in total. The normalized spacial score (nSPS) is 19.8. The molecule has 182 valence electrons. The Labute approximate surface area is 207 Å². The molecule has 0 spiro atoms. The van der Waals surface area contributed by atoms with Gasteiger partial charge in [0, 0.05) is 30.5 Å². The quantitative estimate of drug-likeness (QED) is 0.453. The van der Waals surface area contributed by atoms with Gasteiger partial charge in [-0.3, -0.25) is 0 Å². The van der Waals surface area contributed by atoms with Gasteiger partial charge in [-0.25, -0.2) is 9.97 Å². The monoisotopic (exact) mass is 488 g/mol. The van der Waals surface area contributed by atoms with Crippen molar-refractivity contribution in [2.75, 3.05) is 37.6 Å². The Morgan fingerprint density at radius 3 is 2.66 bits per heavy atom. The lowest BCUT2D eigenvalue weighted by Gasteiger charge is -2.37. The molecule has 6 rings (SSSR count). The maximum atomic E-state index is 12.5. The summed E-state index contributed by atoms with van der Waals surface area (Å²) in [7, 11) is -0.229. The highest BCUT2D eigenvalue weighted by Gasteiger charge is 2.30. The molecular formula is C27H33N6OP. The fraction of sp³-hybridized carbons (Fsp3) is 0.444. The van der Waals surface area contributed by atoms with Crippen LogP contribution in [0, 0.1) is 0 Å². The minimum absolute atomic E-state index is 0.485. The first-order valence-electron chi connectivity index (χ1n) is 12.6. The second-order valence-electron chi connectivity index (χ2n) is 10.7. The lowest BCUT2D eigenvalue weighted by atomic mass is 9.77. The van der Waals surface area contributed by atoms with Gasteiger partial charge in [0.1, 0.15) is 24.2 Å². The van der Waals surface area contributed by atoms with E-state index < -0.39 is 7.14 Å². The number of anilines is 4. The summed E-state index contributed by atoms with van der Waals surface area (Å²) in [6.07, 6.45) is 7.94. The number of likely N-dealkylation sites (N-methyl/N-ethyl adjacent to an activating group) is 1. The molecule has 1 saturated carbocycles. The number of aryl methyl sites for hydroxylation is 1. The van der Waals surface area contributed by atoms with Gasteiger partial charge >= 0.3 is 0 Å². The first-order chi connectivity index (χ1) is 16.8. The number of rotatable bonds is 6. The van der Waals surface area contributed by atoms with Crippen LogP contribution in [0.4, 0.5) is 23.3 Å². The van der Waals surface area contributed by atoms with E-state index in [0.29, 0.717) is 29.0 Å². The first kappa shape index (κ1) is 22.7. The fourth-order valence-electron chi connectivity index (χ4n) is 5.60. The Morgan fingerprint density at radius 2 is 1.86 bits per heavy atom. The van der Waals surface area contributed by atoms with Crippen LogP contribution in [-0.4, -0.2) is 46.8 Å². The standard InChI is InChI=1S/C27H33N6OP/c1-33-15-19-7-4-6-18-12-21(13-20(16-33)25(18)19)29-27-28-14-22(17-10-11-17)26(32-27)31-23-8-5-9-24(30-23)35(2,3)34/h5,8-9,12-14,17,19H,4,6-7,10-11,15-16H2,1-3H3,(H2,28,29,30,31,32). The second kappa shape index (κ2) is 8.72. The largest absolute Gasteiger partial charge is 0.325 e. The van der Waals surface area contributed by atoms with Gasteiger partial charge in [-0.2, -0.15) is 4.98 Å². The maximum absolute atomic E-state index is 12.5. The number of nitrogens with zero attached hydrogens (tertiary/aromatic N) is 4. The number of aromatic nitrogens is 3. The van der Waals surface area contributed by atoms with Gasteiger partial charge in [-0.05, 0) is 105 Å². The van der Waals surface area contributed by atoms with Crippen molar-refractivity contribution >= 4 is 35.8 Å². The molecule has 3 aliphatic rings. The van der Waals surface area contributed by atoms with E-state index in [0.717, 1.165) is 49.4 Å². The molecule has 3 aromatic rings. The first-order valence-corrected chi connectivity index (χ1v) is 15.2. The van der Waals surface area contributed by atoms with E-state index in [2.05, 4.69) is 44.7 Å². The predicted molar refractivity (Wildman–Crippen MR) is 142 cm³/mol. The highest BCUT2D eigenvalue weighted by atomic mass is 31.2. The van der Waals surface area contributed by atoms with E-state index in [1.54, 1.807) is 18.9 Å². The molecule has 1 unspecified atom stereocenters. The molecule has 2 aliphatic carbocycles. The van der Waals surface area contributed by atoms with E-state index in [-0.39, 0.29) is 0 Å². The van der Waals surface area contributed by atoms with Gasteiger partial charge in [-0.15, -0.1) is 0 Å². The van der Waals surface area contributed by atoms with E-state index >= 15 is 0 Å². The number of hydrogen-bond acceptors (Lipinski definition) is 7. The molecule has 1 fully saturated rings. The van der Waals surface area contributed by atoms with Crippen LogP contribution in [0.5, 0.6) is 0 Å². The number of benzene rings is 1. The third-order valence-corrected chi connectivity index (χ3v) is 8.71. The summed E-state index contributed by atoms with van der Waals surface area (Å²) in [6, 6.07) is 10.2. The van der Waals surface area contributed by atoms with Crippen molar-refractivity contribution in [2.45, 2.75) is 50.5 Å². The van der Waals surface area contributed by atoms with Crippen LogP contribution in [0.15, 0.2) is 36.5 Å². The zero-order chi connectivity index (χ0) is 24.2. The van der Waals surface area contributed by atoms with Crippen molar-refractivity contribution in [1.82, 2.24) is 19.9 Å². The summed E-state index contributed by atoms with van der Waals surface area (Å²) >= 11 is 0. The van der Waals surface area contributed by atoms with E-state index in [4.69, 9.17) is 4.98 Å². The lowest BCUT2D eigenvalue weighted by Crippen LogP contribution is -2.33. The topological polar surface area (TPSA) is 83.0 Å². The molecule has 35 heavy (non-hydrogen) atoms. The Morgan fingerprint density at radius 1 is 1.03 bits per heavy atom. The summed E-state index contributed by atoms with van der Waals surface area (Å²) < 4.78 is 12.5. The fourth-order valence-corrected chi connectivity index (χ4v) is 6.39. The average Bonchev–Trinajstić information content (AvgIpc) is 3.64. The summed E-state index contributed by atoms with van der Waals surface area (Å²) in [5.74, 6) is 3.16. The smallest absolute Gasteiger partial charge is 0.229 e. The van der Waals surface area contributed by atoms with Gasteiger partial charge in [0.15, 0.2) is 0 Å². The van der Waals surface area contributed by atoms with Crippen LogP contribution in [-0.2, 0) is 17.5 Å². The second-order valence-corrected chi connectivity index (χ2v) is 13.9. The summed E-state index contributed by atoms with van der Waals surface area (Å²) in [5, 5.41) is 6.88. The summed E-state index contributed by atoms with van der Waals surface area (Å²) in [4.78, 5) is 16.6. The Hall–Kier alpha value is -2.76. The summed E-state index contributed by atoms with van der Waals surface area (Å²) in [5.41, 5.74) is 7.28. The Balaban J connectivity index is 1.31. The molecule has 0 radical (unpaired) electrons. The zero-order valence-corrected chi connectivity index (χ0v) is 21.6. The van der Waals surface area contributed by atoms with Crippen LogP contribution < -0.4 is 16.1 Å². The molecule has 1 atom stereocenters. The molecule has 0 amide bonds. The number of nitrogens with one attached hydrogen (secondary N) is 2. The van der Waals surface area contributed by atoms with Crippen molar-refractivity contribution in [1.29, 1.82) is 0 Å². The summed E-state index contributed by atoms with van der Waals surface area (Å²) in [6.45, 7) is 5.64. The molecule has 3 heterocycles. The molecule has 0 bridgehead atoms. The van der Waals surface area contributed by atoms with Gasteiger partial charge in [-0.1, -0.05) is 6.07 Å². The van der Waals surface area contributed by atoms with Gasteiger partial charge in [0.05, 0.1) is 0 Å². The average molecular weight is 489 g/mol. The van der Waals surface area contributed by atoms with Crippen molar-refractivity contribution in [2.24, 2.45) is 0 Å². The molecule has 1 aliphatic heterocycles. The van der Waals surface area contributed by atoms with E-state index in [1.807, 2.05) is 24.4 Å². The van der Waals surface area contributed by atoms with E-state index in [9.17, 15) is 4.57 Å². The number of pyridine rings is 1. The third-order valence-electron chi connectivity index (χ3n) is 7.35. The SMILES string of the molecule is CN1Cc2cc(Nc3ncc(C4CC4)c(Nc4cccc(P(C)(C)=O)n4)n3)cc3c2C(CCC3)C1. The van der Waals surface area contributed by atoms with Crippen LogP contribution in [0.25, 0.3) is 0 Å². The van der Waals surface area contributed by atoms with Crippen molar-refractivity contribution in [3.8, 4) is 0 Å². The molecular weight excluding hydrogens is 455 g/mol. The Bertz CT molecular complexity index is 1330. The number of hydrogen-bond donors (Lipinski definition) is 2.